The van der Waals surface area contributed by atoms with E-state index in [1.165, 1.54) is 4.52 Å². The Kier molecular flexibility index (Phi) is 3.65. The lowest BCUT2D eigenvalue weighted by molar-refractivity contribution is 0.0924. The molecule has 0 aliphatic carbocycles. The van der Waals surface area contributed by atoms with E-state index in [1.807, 2.05) is 6.07 Å². The maximum Gasteiger partial charge on any atom is 0.300 e. The van der Waals surface area contributed by atoms with Crippen LogP contribution in [0.1, 0.15) is 20.2 Å². The molecule has 28 heavy (non-hydrogen) atoms. The van der Waals surface area contributed by atoms with E-state index in [2.05, 4.69) is 10.1 Å². The highest BCUT2D eigenvalue weighted by Crippen LogP contribution is 2.33. The highest BCUT2D eigenvalue weighted by atomic mass is 35.5. The summed E-state index contributed by atoms with van der Waals surface area (Å²) in [5, 5.41) is 4.83. The molecule has 0 atom stereocenters. The maximum absolute atomic E-state index is 13.0. The number of aromatic nitrogens is 3. The lowest BCUT2D eigenvalue weighted by Crippen LogP contribution is -2.30. The van der Waals surface area contributed by atoms with Crippen LogP contribution in [0.5, 0.6) is 0 Å². The number of fused-ring (bicyclic) bond motifs is 3. The molecule has 0 unspecified atom stereocenters. The van der Waals surface area contributed by atoms with Gasteiger partial charge in [-0.2, -0.15) is 14.6 Å². The van der Waals surface area contributed by atoms with Gasteiger partial charge in [-0.25, -0.2) is 4.90 Å². The fourth-order valence-corrected chi connectivity index (χ4v) is 4.16. The molecule has 9 heteroatoms. The van der Waals surface area contributed by atoms with E-state index in [9.17, 15) is 14.4 Å². The van der Waals surface area contributed by atoms with Gasteiger partial charge in [-0.05, 0) is 24.3 Å². The van der Waals surface area contributed by atoms with Gasteiger partial charge in [-0.15, -0.1) is 0 Å². The van der Waals surface area contributed by atoms with Crippen LogP contribution >= 0.6 is 22.9 Å². The van der Waals surface area contributed by atoms with Gasteiger partial charge in [0.25, 0.3) is 11.8 Å². The van der Waals surface area contributed by atoms with Crippen LogP contribution in [0.2, 0.25) is 5.02 Å². The third-order valence-electron chi connectivity index (χ3n) is 4.34. The summed E-state index contributed by atoms with van der Waals surface area (Å²) < 4.78 is 1.28. The first-order chi connectivity index (χ1) is 13.5. The maximum atomic E-state index is 13.0. The molecule has 136 valence electrons. The second kappa shape index (κ2) is 6.08. The molecule has 2 aromatic heterocycles. The molecule has 0 fully saturated rings. The number of carbonyl (C=O) groups is 2. The van der Waals surface area contributed by atoms with Gasteiger partial charge in [-0.3, -0.25) is 14.4 Å². The van der Waals surface area contributed by atoms with E-state index in [-0.39, 0.29) is 21.2 Å². The highest BCUT2D eigenvalue weighted by molar-refractivity contribution is 7.19. The van der Waals surface area contributed by atoms with Crippen LogP contribution < -0.4 is 10.5 Å². The van der Waals surface area contributed by atoms with Crippen molar-refractivity contribution in [2.24, 2.45) is 0 Å². The first-order valence-electron chi connectivity index (χ1n) is 8.18. The van der Waals surface area contributed by atoms with Crippen LogP contribution in [0, 0.1) is 0 Å². The van der Waals surface area contributed by atoms with Crippen LogP contribution in [-0.4, -0.2) is 26.4 Å². The molecule has 3 heterocycles. The Bertz CT molecular complexity index is 1330. The van der Waals surface area contributed by atoms with Crippen LogP contribution in [0.15, 0.2) is 59.4 Å². The normalized spacial score (nSPS) is 13.4. The minimum absolute atomic E-state index is 0.102. The molecular weight excluding hydrogens is 400 g/mol. The Morgan fingerprint density at radius 1 is 0.893 bits per heavy atom. The lowest BCUT2D eigenvalue weighted by Gasteiger charge is -2.14. The SMILES string of the molecule is O=C1c2sc3nc(=O)c(-c4ccccc4)nn3c2C(=O)N1c1ccc(Cl)cc1. The van der Waals surface area contributed by atoms with Gasteiger partial charge in [0.2, 0.25) is 4.96 Å². The Balaban J connectivity index is 1.69. The minimum atomic E-state index is -0.523. The van der Waals surface area contributed by atoms with E-state index >= 15 is 0 Å². The van der Waals surface area contributed by atoms with Crippen molar-refractivity contribution in [3.63, 3.8) is 0 Å². The zero-order valence-electron chi connectivity index (χ0n) is 14.0. The molecule has 0 radical (unpaired) electrons. The van der Waals surface area contributed by atoms with Gasteiger partial charge in [0, 0.05) is 10.6 Å². The Labute approximate surface area is 166 Å². The predicted octanol–water partition coefficient (Wildman–Crippen LogP) is 3.27. The summed E-state index contributed by atoms with van der Waals surface area (Å²) in [5.41, 5.74) is 0.697. The van der Waals surface area contributed by atoms with Crippen molar-refractivity contribution in [2.75, 3.05) is 4.90 Å². The van der Waals surface area contributed by atoms with Crippen molar-refractivity contribution in [3.8, 4) is 11.3 Å². The lowest BCUT2D eigenvalue weighted by atomic mass is 10.2. The van der Waals surface area contributed by atoms with Crippen molar-refractivity contribution >= 4 is 45.4 Å². The quantitative estimate of drug-likeness (QED) is 0.475. The van der Waals surface area contributed by atoms with Crippen molar-refractivity contribution in [1.29, 1.82) is 0 Å². The van der Waals surface area contributed by atoms with Gasteiger partial charge >= 0.3 is 5.56 Å². The molecule has 0 spiro atoms. The third kappa shape index (κ3) is 2.39. The molecule has 1 aliphatic heterocycles. The molecule has 5 rings (SSSR count). The fourth-order valence-electron chi connectivity index (χ4n) is 3.05. The van der Waals surface area contributed by atoms with Gasteiger partial charge in [0.05, 0.1) is 5.69 Å². The minimum Gasteiger partial charge on any atom is -0.267 e. The first kappa shape index (κ1) is 16.8. The molecule has 2 amide bonds. The zero-order valence-corrected chi connectivity index (χ0v) is 15.6. The van der Waals surface area contributed by atoms with Crippen molar-refractivity contribution in [3.05, 3.63) is 80.5 Å². The molecule has 7 nitrogen and oxygen atoms in total. The molecule has 2 aromatic carbocycles. The van der Waals surface area contributed by atoms with Gasteiger partial charge in [0.15, 0.2) is 11.4 Å². The number of hydrogen-bond acceptors (Lipinski definition) is 6. The molecular formula is C19H9ClN4O3S. The van der Waals surface area contributed by atoms with E-state index < -0.39 is 17.4 Å². The van der Waals surface area contributed by atoms with Gasteiger partial charge in [0.1, 0.15) is 4.88 Å². The number of thiazole rings is 1. The summed E-state index contributed by atoms with van der Waals surface area (Å²) in [7, 11) is 0. The van der Waals surface area contributed by atoms with Crippen LogP contribution in [-0.2, 0) is 0 Å². The summed E-state index contributed by atoms with van der Waals surface area (Å²) >= 11 is 6.86. The standard InChI is InChI=1S/C19H9ClN4O3S/c20-11-6-8-12(9-7-11)23-17(26)14-15(18(23)27)28-19-21-16(25)13(22-24(14)19)10-4-2-1-3-5-10/h1-9H. The fraction of sp³-hybridized carbons (Fsp3) is 0. The van der Waals surface area contributed by atoms with Gasteiger partial charge in [-0.1, -0.05) is 53.3 Å². The monoisotopic (exact) mass is 408 g/mol. The van der Waals surface area contributed by atoms with E-state index in [1.54, 1.807) is 48.5 Å². The highest BCUT2D eigenvalue weighted by Gasteiger charge is 2.41. The van der Waals surface area contributed by atoms with Crippen molar-refractivity contribution < 1.29 is 9.59 Å². The second-order valence-electron chi connectivity index (χ2n) is 6.03. The van der Waals surface area contributed by atoms with Crippen LogP contribution in [0.25, 0.3) is 16.2 Å². The molecule has 1 aliphatic rings. The van der Waals surface area contributed by atoms with Gasteiger partial charge < -0.3 is 0 Å². The summed E-state index contributed by atoms with van der Waals surface area (Å²) in [6, 6.07) is 15.2. The Morgan fingerprint density at radius 2 is 1.61 bits per heavy atom. The second-order valence-corrected chi connectivity index (χ2v) is 7.44. The summed E-state index contributed by atoms with van der Waals surface area (Å²) in [5.74, 6) is -1.00. The number of halogens is 1. The zero-order chi connectivity index (χ0) is 19.4. The molecule has 0 saturated carbocycles. The average molecular weight is 409 g/mol. The summed E-state index contributed by atoms with van der Waals surface area (Å²) in [4.78, 5) is 43.7. The number of anilines is 1. The number of imide groups is 1. The number of benzene rings is 2. The number of rotatable bonds is 2. The number of nitrogens with zero attached hydrogens (tertiary/aromatic N) is 4. The Hall–Kier alpha value is -3.36. The predicted molar refractivity (Wildman–Crippen MR) is 105 cm³/mol. The van der Waals surface area contributed by atoms with Crippen LogP contribution in [0.3, 0.4) is 0 Å². The first-order valence-corrected chi connectivity index (χ1v) is 9.37. The van der Waals surface area contributed by atoms with E-state index in [0.717, 1.165) is 16.2 Å². The molecule has 0 bridgehead atoms. The summed E-state index contributed by atoms with van der Waals surface area (Å²) in [6.45, 7) is 0. The molecule has 0 saturated heterocycles. The smallest absolute Gasteiger partial charge is 0.267 e. The number of hydrogen-bond donors (Lipinski definition) is 0. The summed E-state index contributed by atoms with van der Waals surface area (Å²) in [6.07, 6.45) is 0. The number of amides is 2. The molecule has 4 aromatic rings. The van der Waals surface area contributed by atoms with E-state index in [4.69, 9.17) is 11.6 Å². The molecule has 0 N–H and O–H groups in total. The van der Waals surface area contributed by atoms with Crippen molar-refractivity contribution in [1.82, 2.24) is 14.6 Å². The number of carbonyl (C=O) groups excluding carboxylic acids is 2. The van der Waals surface area contributed by atoms with Crippen LogP contribution in [0.4, 0.5) is 5.69 Å². The average Bonchev–Trinajstić information content (AvgIpc) is 3.18. The largest absolute Gasteiger partial charge is 0.300 e. The van der Waals surface area contributed by atoms with E-state index in [0.29, 0.717) is 16.3 Å². The van der Waals surface area contributed by atoms with Crippen molar-refractivity contribution in [2.45, 2.75) is 0 Å². The third-order valence-corrected chi connectivity index (χ3v) is 5.61. The topological polar surface area (TPSA) is 84.6 Å². The Morgan fingerprint density at radius 3 is 2.32 bits per heavy atom.